The highest BCUT2D eigenvalue weighted by atomic mass is 35.5. The Morgan fingerprint density at radius 1 is 1.75 bits per heavy atom. The molecule has 0 aliphatic heterocycles. The maximum Gasteiger partial charge on any atom is 0.225 e. The monoisotopic (exact) mass is 132 g/mol. The lowest BCUT2D eigenvalue weighted by Gasteiger charge is -1.89. The average molecular weight is 133 g/mol. The predicted molar refractivity (Wildman–Crippen MR) is 34.9 cm³/mol. The van der Waals surface area contributed by atoms with Gasteiger partial charge < -0.3 is 0 Å². The molecule has 0 radical (unpaired) electrons. The van der Waals surface area contributed by atoms with Gasteiger partial charge in [0.15, 0.2) is 0 Å². The van der Waals surface area contributed by atoms with Crippen LogP contribution in [0.15, 0.2) is 11.6 Å². The molecule has 0 unspecified atom stereocenters. The second-order valence-corrected chi connectivity index (χ2v) is 2.09. The zero-order valence-electron chi connectivity index (χ0n) is 5.07. The van der Waals surface area contributed by atoms with Crippen LogP contribution in [0.1, 0.15) is 20.3 Å². The maximum atomic E-state index is 10.1. The fourth-order valence-electron chi connectivity index (χ4n) is 0.321. The molecule has 0 bridgehead atoms. The van der Waals surface area contributed by atoms with Gasteiger partial charge in [0.05, 0.1) is 0 Å². The van der Waals surface area contributed by atoms with Crippen LogP contribution in [-0.4, -0.2) is 5.24 Å². The first-order chi connectivity index (χ1) is 3.66. The van der Waals surface area contributed by atoms with Gasteiger partial charge in [-0.2, -0.15) is 0 Å². The van der Waals surface area contributed by atoms with Crippen LogP contribution in [0.4, 0.5) is 0 Å². The molecule has 0 rings (SSSR count). The minimum absolute atomic E-state index is 0.291. The molecule has 0 aromatic heterocycles. The topological polar surface area (TPSA) is 17.1 Å². The van der Waals surface area contributed by atoms with Gasteiger partial charge in [-0.15, -0.1) is 0 Å². The van der Waals surface area contributed by atoms with E-state index in [0.717, 1.165) is 5.57 Å². The first-order valence-corrected chi connectivity index (χ1v) is 2.84. The molecule has 8 heavy (non-hydrogen) atoms. The Morgan fingerprint density at radius 2 is 2.25 bits per heavy atom. The summed E-state index contributed by atoms with van der Waals surface area (Å²) in [4.78, 5) is 10.1. The molecule has 0 aliphatic rings. The average Bonchev–Trinajstić information content (AvgIpc) is 1.65. The van der Waals surface area contributed by atoms with Crippen molar-refractivity contribution in [3.8, 4) is 0 Å². The molecule has 0 aromatic carbocycles. The number of rotatable bonds is 2. The van der Waals surface area contributed by atoms with Gasteiger partial charge in [0.1, 0.15) is 0 Å². The third-order valence-electron chi connectivity index (χ3n) is 0.911. The summed E-state index contributed by atoms with van der Waals surface area (Å²) in [6, 6.07) is 0. The molecule has 0 amide bonds. The van der Waals surface area contributed by atoms with E-state index < -0.39 is 0 Å². The number of hydrogen-bond acceptors (Lipinski definition) is 1. The van der Waals surface area contributed by atoms with Crippen LogP contribution in [0.2, 0.25) is 0 Å². The van der Waals surface area contributed by atoms with Crippen molar-refractivity contribution in [3.63, 3.8) is 0 Å². The molecule has 0 fully saturated rings. The zero-order valence-corrected chi connectivity index (χ0v) is 5.83. The molecule has 2 heteroatoms. The summed E-state index contributed by atoms with van der Waals surface area (Å²) in [5.74, 6) is 0. The van der Waals surface area contributed by atoms with Crippen molar-refractivity contribution in [1.82, 2.24) is 0 Å². The van der Waals surface area contributed by atoms with E-state index in [4.69, 9.17) is 11.6 Å². The van der Waals surface area contributed by atoms with Gasteiger partial charge in [-0.05, 0) is 25.4 Å². The Kier molecular flexibility index (Phi) is 3.53. The van der Waals surface area contributed by atoms with E-state index in [1.807, 2.05) is 19.9 Å². The fourth-order valence-corrected chi connectivity index (χ4v) is 0.532. The van der Waals surface area contributed by atoms with Gasteiger partial charge in [0, 0.05) is 6.42 Å². The largest absolute Gasteiger partial charge is 0.281 e. The molecule has 46 valence electrons. The molecule has 1 nitrogen and oxygen atoms in total. The van der Waals surface area contributed by atoms with Crippen molar-refractivity contribution in [3.05, 3.63) is 11.6 Å². The van der Waals surface area contributed by atoms with Crippen LogP contribution < -0.4 is 0 Å². The normalized spacial score (nSPS) is 11.6. The summed E-state index contributed by atoms with van der Waals surface area (Å²) in [6.45, 7) is 3.76. The number of allylic oxidation sites excluding steroid dienone is 2. The molecular weight excluding hydrogens is 124 g/mol. The third kappa shape index (κ3) is 3.88. The van der Waals surface area contributed by atoms with Crippen LogP contribution in [-0.2, 0) is 4.79 Å². The Bertz CT molecular complexity index is 116. The number of carbonyl (C=O) groups excluding carboxylic acids is 1. The fraction of sp³-hybridized carbons (Fsp3) is 0.500. The van der Waals surface area contributed by atoms with Crippen LogP contribution in [0.25, 0.3) is 0 Å². The van der Waals surface area contributed by atoms with Crippen molar-refractivity contribution in [2.45, 2.75) is 20.3 Å². The summed E-state index contributed by atoms with van der Waals surface area (Å²) < 4.78 is 0. The van der Waals surface area contributed by atoms with Gasteiger partial charge in [-0.1, -0.05) is 11.6 Å². The third-order valence-corrected chi connectivity index (χ3v) is 1.04. The van der Waals surface area contributed by atoms with Crippen LogP contribution in [0.5, 0.6) is 0 Å². The molecule has 0 saturated heterocycles. The Balaban J connectivity index is 3.56. The summed E-state index contributed by atoms with van der Waals surface area (Å²) in [7, 11) is 0. The summed E-state index contributed by atoms with van der Waals surface area (Å²) in [5, 5.41) is -0.291. The van der Waals surface area contributed by atoms with Crippen molar-refractivity contribution >= 4 is 16.8 Å². The lowest BCUT2D eigenvalue weighted by Crippen LogP contribution is -1.85. The second-order valence-electron chi connectivity index (χ2n) is 1.67. The highest BCUT2D eigenvalue weighted by Gasteiger charge is 1.93. The van der Waals surface area contributed by atoms with Gasteiger partial charge in [-0.25, -0.2) is 0 Å². The quantitative estimate of drug-likeness (QED) is 0.416. The molecule has 0 saturated carbocycles. The van der Waals surface area contributed by atoms with E-state index >= 15 is 0 Å². The van der Waals surface area contributed by atoms with Gasteiger partial charge in [0.25, 0.3) is 0 Å². The highest BCUT2D eigenvalue weighted by molar-refractivity contribution is 6.63. The number of hydrogen-bond donors (Lipinski definition) is 0. The van der Waals surface area contributed by atoms with E-state index in [1.165, 1.54) is 0 Å². The van der Waals surface area contributed by atoms with Gasteiger partial charge in [-0.3, -0.25) is 4.79 Å². The van der Waals surface area contributed by atoms with Gasteiger partial charge >= 0.3 is 0 Å². The number of carbonyl (C=O) groups is 1. The summed E-state index contributed by atoms with van der Waals surface area (Å²) in [5.41, 5.74) is 1.02. The van der Waals surface area contributed by atoms with E-state index in [2.05, 4.69) is 0 Å². The van der Waals surface area contributed by atoms with E-state index in [0.29, 0.717) is 6.42 Å². The first-order valence-electron chi connectivity index (χ1n) is 2.47. The molecule has 0 atom stereocenters. The second kappa shape index (κ2) is 3.67. The molecule has 0 heterocycles. The Morgan fingerprint density at radius 3 is 2.38 bits per heavy atom. The maximum absolute atomic E-state index is 10.1. The zero-order chi connectivity index (χ0) is 6.57. The minimum atomic E-state index is -0.291. The lowest BCUT2D eigenvalue weighted by molar-refractivity contribution is -0.111. The van der Waals surface area contributed by atoms with Crippen molar-refractivity contribution < 1.29 is 4.79 Å². The standard InChI is InChI=1S/C6H9ClO/c1-3-5(2)4-6(7)8/h3H,4H2,1-2H3/b5-3+. The molecular formula is C6H9ClO. The number of halogens is 1. The van der Waals surface area contributed by atoms with E-state index in [9.17, 15) is 4.79 Å². The minimum Gasteiger partial charge on any atom is -0.281 e. The SMILES string of the molecule is C/C=C(\C)CC(=O)Cl. The van der Waals surface area contributed by atoms with Gasteiger partial charge in [0.2, 0.25) is 5.24 Å². The van der Waals surface area contributed by atoms with Crippen molar-refractivity contribution in [1.29, 1.82) is 0 Å². The van der Waals surface area contributed by atoms with Crippen LogP contribution >= 0.6 is 11.6 Å². The van der Waals surface area contributed by atoms with Crippen molar-refractivity contribution in [2.75, 3.05) is 0 Å². The summed E-state index contributed by atoms with van der Waals surface area (Å²) in [6.07, 6.45) is 2.25. The molecule has 0 aromatic rings. The summed E-state index contributed by atoms with van der Waals surface area (Å²) >= 11 is 5.07. The Hall–Kier alpha value is -0.300. The molecule has 0 N–H and O–H groups in total. The Labute approximate surface area is 54.3 Å². The molecule has 0 spiro atoms. The lowest BCUT2D eigenvalue weighted by atomic mass is 10.2. The first kappa shape index (κ1) is 7.70. The highest BCUT2D eigenvalue weighted by Crippen LogP contribution is 2.01. The molecule has 0 aliphatic carbocycles. The van der Waals surface area contributed by atoms with E-state index in [-0.39, 0.29) is 5.24 Å². The predicted octanol–water partition coefficient (Wildman–Crippen LogP) is 2.11. The van der Waals surface area contributed by atoms with Crippen LogP contribution in [0, 0.1) is 0 Å². The van der Waals surface area contributed by atoms with E-state index in [1.54, 1.807) is 0 Å². The smallest absolute Gasteiger partial charge is 0.225 e. The van der Waals surface area contributed by atoms with Crippen LogP contribution in [0.3, 0.4) is 0 Å². The van der Waals surface area contributed by atoms with Crippen molar-refractivity contribution in [2.24, 2.45) is 0 Å².